The van der Waals surface area contributed by atoms with E-state index in [1.807, 2.05) is 13.0 Å². The fraction of sp³-hybridized carbons (Fsp3) is 0.222. The van der Waals surface area contributed by atoms with Crippen molar-refractivity contribution in [1.29, 1.82) is 0 Å². The monoisotopic (exact) mass is 326 g/mol. The first-order chi connectivity index (χ1) is 11.6. The van der Waals surface area contributed by atoms with Gasteiger partial charge in [-0.2, -0.15) is 5.10 Å². The van der Waals surface area contributed by atoms with Gasteiger partial charge in [0.05, 0.1) is 26.8 Å². The Labute approximate surface area is 139 Å². The zero-order valence-electron chi connectivity index (χ0n) is 14.0. The number of fused-ring (bicyclic) bond motifs is 1. The zero-order valence-corrected chi connectivity index (χ0v) is 14.0. The predicted octanol–water partition coefficient (Wildman–Crippen LogP) is 3.13. The van der Waals surface area contributed by atoms with E-state index in [9.17, 15) is 4.79 Å². The predicted molar refractivity (Wildman–Crippen MR) is 90.4 cm³/mol. The number of carbonyl (C=O) groups excluding carboxylic acids is 1. The number of carbonyl (C=O) groups is 1. The van der Waals surface area contributed by atoms with Gasteiger partial charge in [-0.1, -0.05) is 0 Å². The topological polar surface area (TPSA) is 73.4 Å². The molecule has 0 fully saturated rings. The van der Waals surface area contributed by atoms with E-state index in [0.717, 1.165) is 16.5 Å². The summed E-state index contributed by atoms with van der Waals surface area (Å²) in [6.07, 6.45) is 0. The van der Waals surface area contributed by atoms with Crippen LogP contribution in [0.5, 0.6) is 17.2 Å². The van der Waals surface area contributed by atoms with Crippen molar-refractivity contribution < 1.29 is 19.0 Å². The summed E-state index contributed by atoms with van der Waals surface area (Å²) in [7, 11) is 4.72. The lowest BCUT2D eigenvalue weighted by Gasteiger charge is -2.11. The molecule has 124 valence electrons. The van der Waals surface area contributed by atoms with Crippen LogP contribution >= 0.6 is 0 Å². The second kappa shape index (κ2) is 6.23. The highest BCUT2D eigenvalue weighted by Crippen LogP contribution is 2.31. The molecule has 24 heavy (non-hydrogen) atoms. The van der Waals surface area contributed by atoms with E-state index in [4.69, 9.17) is 14.2 Å². The quantitative estimate of drug-likeness (QED) is 0.729. The third-order valence-electron chi connectivity index (χ3n) is 4.00. The van der Waals surface area contributed by atoms with E-state index in [0.29, 0.717) is 28.5 Å². The van der Waals surface area contributed by atoms with Gasteiger partial charge in [0.15, 0.2) is 0 Å². The van der Waals surface area contributed by atoms with E-state index >= 15 is 0 Å². The average molecular weight is 326 g/mol. The van der Waals surface area contributed by atoms with Gasteiger partial charge in [-0.15, -0.1) is 0 Å². The van der Waals surface area contributed by atoms with Crippen LogP contribution in [0.25, 0.3) is 10.9 Å². The Morgan fingerprint density at radius 2 is 1.67 bits per heavy atom. The summed E-state index contributed by atoms with van der Waals surface area (Å²) in [5.41, 5.74) is 2.39. The van der Waals surface area contributed by atoms with Gasteiger partial charge in [-0.05, 0) is 31.2 Å². The number of aromatic nitrogens is 2. The Bertz CT molecular complexity index is 890. The minimum Gasteiger partial charge on any atom is -0.497 e. The van der Waals surface area contributed by atoms with E-state index < -0.39 is 0 Å². The van der Waals surface area contributed by atoms with Crippen molar-refractivity contribution in [3.63, 3.8) is 0 Å². The Morgan fingerprint density at radius 3 is 2.25 bits per heavy atom. The van der Waals surface area contributed by atoms with E-state index in [1.165, 1.54) is 0 Å². The fourth-order valence-electron chi connectivity index (χ4n) is 2.65. The molecule has 0 bridgehead atoms. The number of nitrogens with one attached hydrogen (secondary N) is 1. The van der Waals surface area contributed by atoms with Gasteiger partial charge in [0.1, 0.15) is 22.9 Å². The van der Waals surface area contributed by atoms with E-state index in [-0.39, 0.29) is 5.78 Å². The van der Waals surface area contributed by atoms with Crippen molar-refractivity contribution in [3.05, 3.63) is 47.2 Å². The first-order valence-corrected chi connectivity index (χ1v) is 7.38. The standard InChI is InChI=1S/C18H18N2O4/c1-10-15(23-3)7-11(8-16(10)24-4)18(21)17-13-6-5-12(22-2)9-14(13)19-20-17/h5-9H,1-4H3,(H,19,20). The van der Waals surface area contributed by atoms with Gasteiger partial charge in [-0.3, -0.25) is 9.89 Å². The van der Waals surface area contributed by atoms with Gasteiger partial charge in [0.25, 0.3) is 0 Å². The highest BCUT2D eigenvalue weighted by atomic mass is 16.5. The van der Waals surface area contributed by atoms with Gasteiger partial charge < -0.3 is 14.2 Å². The van der Waals surface area contributed by atoms with Crippen molar-refractivity contribution in [2.24, 2.45) is 0 Å². The number of ether oxygens (including phenoxy) is 3. The van der Waals surface area contributed by atoms with Gasteiger partial charge >= 0.3 is 0 Å². The molecule has 0 saturated heterocycles. The average Bonchev–Trinajstić information content (AvgIpc) is 3.04. The minimum atomic E-state index is -0.206. The Morgan fingerprint density at radius 1 is 1.00 bits per heavy atom. The molecule has 2 aromatic carbocycles. The molecule has 3 rings (SSSR count). The van der Waals surface area contributed by atoms with Crippen molar-refractivity contribution in [2.45, 2.75) is 6.92 Å². The smallest absolute Gasteiger partial charge is 0.214 e. The summed E-state index contributed by atoms with van der Waals surface area (Å²) in [5, 5.41) is 7.77. The van der Waals surface area contributed by atoms with Crippen LogP contribution < -0.4 is 14.2 Å². The second-order valence-corrected chi connectivity index (χ2v) is 5.32. The summed E-state index contributed by atoms with van der Waals surface area (Å²) in [5.74, 6) is 1.69. The maximum Gasteiger partial charge on any atom is 0.214 e. The van der Waals surface area contributed by atoms with Crippen LogP contribution in [0.4, 0.5) is 0 Å². The first-order valence-electron chi connectivity index (χ1n) is 7.38. The Hall–Kier alpha value is -3.02. The van der Waals surface area contributed by atoms with E-state index in [2.05, 4.69) is 10.2 Å². The molecular weight excluding hydrogens is 308 g/mol. The molecule has 6 nitrogen and oxygen atoms in total. The van der Waals surface area contributed by atoms with Crippen LogP contribution in [0.2, 0.25) is 0 Å². The summed E-state index contributed by atoms with van der Waals surface area (Å²) in [6.45, 7) is 1.88. The molecule has 3 aromatic rings. The number of H-pyrrole nitrogens is 1. The van der Waals surface area contributed by atoms with Crippen LogP contribution in [-0.4, -0.2) is 37.3 Å². The number of aromatic amines is 1. The van der Waals surface area contributed by atoms with Crippen molar-refractivity contribution in [1.82, 2.24) is 10.2 Å². The zero-order chi connectivity index (χ0) is 17.3. The number of ketones is 1. The van der Waals surface area contributed by atoms with Crippen molar-refractivity contribution in [3.8, 4) is 17.2 Å². The number of methoxy groups -OCH3 is 3. The van der Waals surface area contributed by atoms with Crippen LogP contribution in [0.15, 0.2) is 30.3 Å². The number of hydrogen-bond acceptors (Lipinski definition) is 5. The highest BCUT2D eigenvalue weighted by molar-refractivity contribution is 6.15. The van der Waals surface area contributed by atoms with E-state index in [1.54, 1.807) is 45.6 Å². The summed E-state index contributed by atoms with van der Waals surface area (Å²) in [6, 6.07) is 8.81. The third-order valence-corrected chi connectivity index (χ3v) is 4.00. The maximum absolute atomic E-state index is 12.9. The highest BCUT2D eigenvalue weighted by Gasteiger charge is 2.19. The first kappa shape index (κ1) is 15.9. The molecule has 0 unspecified atom stereocenters. The number of benzene rings is 2. The molecule has 0 atom stereocenters. The molecule has 0 aliphatic rings. The van der Waals surface area contributed by atoms with Gasteiger partial charge in [0, 0.05) is 22.6 Å². The molecule has 0 radical (unpaired) electrons. The normalized spacial score (nSPS) is 10.7. The minimum absolute atomic E-state index is 0.206. The second-order valence-electron chi connectivity index (χ2n) is 5.32. The lowest BCUT2D eigenvalue weighted by atomic mass is 10.0. The van der Waals surface area contributed by atoms with Crippen LogP contribution in [0, 0.1) is 6.92 Å². The molecule has 0 spiro atoms. The third kappa shape index (κ3) is 2.56. The van der Waals surface area contributed by atoms with Crippen molar-refractivity contribution in [2.75, 3.05) is 21.3 Å². The largest absolute Gasteiger partial charge is 0.497 e. The molecule has 0 amide bonds. The van der Waals surface area contributed by atoms with Crippen molar-refractivity contribution >= 4 is 16.7 Å². The molecule has 0 aliphatic heterocycles. The van der Waals surface area contributed by atoms with Crippen LogP contribution in [0.1, 0.15) is 21.6 Å². The SMILES string of the molecule is COc1ccc2c(C(=O)c3cc(OC)c(C)c(OC)c3)n[nH]c2c1. The lowest BCUT2D eigenvalue weighted by Crippen LogP contribution is -2.05. The lowest BCUT2D eigenvalue weighted by molar-refractivity contribution is 0.103. The maximum atomic E-state index is 12.9. The molecule has 1 heterocycles. The summed E-state index contributed by atoms with van der Waals surface area (Å²) in [4.78, 5) is 12.9. The van der Waals surface area contributed by atoms with Gasteiger partial charge in [0.2, 0.25) is 5.78 Å². The fourth-order valence-corrected chi connectivity index (χ4v) is 2.65. The summed E-state index contributed by atoms with van der Waals surface area (Å²) < 4.78 is 15.9. The number of nitrogens with zero attached hydrogens (tertiary/aromatic N) is 1. The molecular formula is C18H18N2O4. The molecule has 1 N–H and O–H groups in total. The van der Waals surface area contributed by atoms with Gasteiger partial charge in [-0.25, -0.2) is 0 Å². The Balaban J connectivity index is 2.09. The molecule has 6 heteroatoms. The summed E-state index contributed by atoms with van der Waals surface area (Å²) >= 11 is 0. The number of hydrogen-bond donors (Lipinski definition) is 1. The molecule has 0 aliphatic carbocycles. The molecule has 0 saturated carbocycles. The van der Waals surface area contributed by atoms with Crippen LogP contribution in [-0.2, 0) is 0 Å². The number of rotatable bonds is 5. The molecule has 1 aromatic heterocycles. The van der Waals surface area contributed by atoms with Crippen LogP contribution in [0.3, 0.4) is 0 Å². The Kier molecular flexibility index (Phi) is 4.12.